The van der Waals surface area contributed by atoms with Gasteiger partial charge < -0.3 is 31.1 Å². The number of hydrogen-bond acceptors (Lipinski definition) is 8. The Morgan fingerprint density at radius 1 is 1.13 bits per heavy atom. The standard InChI is InChI=1S/C21H24N6O3.ClH/c22-19(29)18-20(23-13-14-1-7-17(28)8-2-14)25-26-21(18)24-15-3-5-16(6-4-15)27-9-11-30-12-10-27;/h1-8,21,23-24,28H,9-13H2,(H2,22,29);1H. The van der Waals surface area contributed by atoms with Gasteiger partial charge in [0.05, 0.1) is 13.2 Å². The largest absolute Gasteiger partial charge is 0.508 e. The number of carbonyl (C=O) groups is 1. The molecule has 1 unspecified atom stereocenters. The van der Waals surface area contributed by atoms with E-state index in [2.05, 4.69) is 25.8 Å². The van der Waals surface area contributed by atoms with E-state index in [0.717, 1.165) is 43.2 Å². The Kier molecular flexibility index (Phi) is 7.32. The number of ether oxygens (including phenoxy) is 1. The van der Waals surface area contributed by atoms with Crippen molar-refractivity contribution in [1.29, 1.82) is 0 Å². The number of phenolic OH excluding ortho intramolecular Hbond substituents is 1. The lowest BCUT2D eigenvalue weighted by molar-refractivity contribution is -0.114. The minimum absolute atomic E-state index is 0. The number of anilines is 2. The molecule has 0 radical (unpaired) electrons. The van der Waals surface area contributed by atoms with E-state index in [1.165, 1.54) is 0 Å². The molecule has 2 aromatic rings. The summed E-state index contributed by atoms with van der Waals surface area (Å²) in [6, 6.07) is 14.7. The Balaban J connectivity index is 0.00000272. The Labute approximate surface area is 186 Å². The first-order valence-corrected chi connectivity index (χ1v) is 9.76. The average Bonchev–Trinajstić information content (AvgIpc) is 3.17. The maximum Gasteiger partial charge on any atom is 0.252 e. The normalized spacial score (nSPS) is 17.9. The Morgan fingerprint density at radius 2 is 1.81 bits per heavy atom. The number of amides is 1. The van der Waals surface area contributed by atoms with Crippen molar-refractivity contribution in [2.45, 2.75) is 12.7 Å². The number of halogens is 1. The molecule has 0 aromatic heterocycles. The molecule has 0 aliphatic carbocycles. The van der Waals surface area contributed by atoms with E-state index < -0.39 is 12.1 Å². The summed E-state index contributed by atoms with van der Waals surface area (Å²) >= 11 is 0. The molecule has 164 valence electrons. The van der Waals surface area contributed by atoms with Crippen molar-refractivity contribution in [3.05, 3.63) is 65.5 Å². The van der Waals surface area contributed by atoms with Crippen LogP contribution in [0.25, 0.3) is 0 Å². The van der Waals surface area contributed by atoms with E-state index in [4.69, 9.17) is 10.5 Å². The number of phenols is 1. The molecule has 2 aromatic carbocycles. The summed E-state index contributed by atoms with van der Waals surface area (Å²) in [5, 5.41) is 23.9. The quantitative estimate of drug-likeness (QED) is 0.519. The van der Waals surface area contributed by atoms with Crippen LogP contribution in [0.3, 0.4) is 0 Å². The van der Waals surface area contributed by atoms with Crippen LogP contribution >= 0.6 is 12.4 Å². The molecule has 9 nitrogen and oxygen atoms in total. The third kappa shape index (κ3) is 5.44. The van der Waals surface area contributed by atoms with Crippen LogP contribution in [0.15, 0.2) is 70.2 Å². The molecule has 1 saturated heterocycles. The fraction of sp³-hybridized carbons (Fsp3) is 0.286. The van der Waals surface area contributed by atoms with Crippen LogP contribution in [-0.2, 0) is 16.1 Å². The van der Waals surface area contributed by atoms with Crippen molar-refractivity contribution >= 4 is 29.7 Å². The molecule has 0 spiro atoms. The van der Waals surface area contributed by atoms with Gasteiger partial charge in [0.1, 0.15) is 11.3 Å². The lowest BCUT2D eigenvalue weighted by Crippen LogP contribution is -2.36. The second-order valence-corrected chi connectivity index (χ2v) is 7.06. The molecule has 1 amide bonds. The van der Waals surface area contributed by atoms with Gasteiger partial charge in [0.15, 0.2) is 12.0 Å². The molecule has 31 heavy (non-hydrogen) atoms. The number of aromatic hydroxyl groups is 1. The second-order valence-electron chi connectivity index (χ2n) is 7.06. The van der Waals surface area contributed by atoms with Gasteiger partial charge in [-0.2, -0.15) is 5.11 Å². The van der Waals surface area contributed by atoms with Crippen molar-refractivity contribution in [3.8, 4) is 5.75 Å². The lowest BCUT2D eigenvalue weighted by Gasteiger charge is -2.29. The number of morpholine rings is 1. The molecule has 1 fully saturated rings. The van der Waals surface area contributed by atoms with Gasteiger partial charge in [0, 0.05) is 31.0 Å². The molecule has 2 aliphatic rings. The van der Waals surface area contributed by atoms with E-state index in [9.17, 15) is 9.90 Å². The Morgan fingerprint density at radius 3 is 2.45 bits per heavy atom. The zero-order valence-corrected chi connectivity index (χ0v) is 17.6. The van der Waals surface area contributed by atoms with Crippen LogP contribution in [-0.4, -0.2) is 43.5 Å². The van der Waals surface area contributed by atoms with Gasteiger partial charge in [-0.1, -0.05) is 12.1 Å². The summed E-state index contributed by atoms with van der Waals surface area (Å²) in [5.74, 6) is -0.0473. The molecule has 2 heterocycles. The van der Waals surface area contributed by atoms with E-state index in [1.54, 1.807) is 24.3 Å². The molecular weight excluding hydrogens is 420 g/mol. The number of primary amides is 1. The molecule has 0 bridgehead atoms. The molecule has 5 N–H and O–H groups in total. The van der Waals surface area contributed by atoms with Gasteiger partial charge in [-0.05, 0) is 42.0 Å². The monoisotopic (exact) mass is 444 g/mol. The zero-order valence-electron chi connectivity index (χ0n) is 16.8. The summed E-state index contributed by atoms with van der Waals surface area (Å²) in [4.78, 5) is 14.3. The highest BCUT2D eigenvalue weighted by Crippen LogP contribution is 2.25. The molecule has 4 rings (SSSR count). The molecular formula is C21H25ClN6O3. The minimum atomic E-state index is -0.654. The van der Waals surface area contributed by atoms with Gasteiger partial charge in [0.2, 0.25) is 0 Å². The van der Waals surface area contributed by atoms with Crippen LogP contribution in [0, 0.1) is 0 Å². The maximum atomic E-state index is 12.0. The highest BCUT2D eigenvalue weighted by atomic mass is 35.5. The molecule has 2 aliphatic heterocycles. The van der Waals surface area contributed by atoms with E-state index in [1.807, 2.05) is 24.3 Å². The summed E-state index contributed by atoms with van der Waals surface area (Å²) in [7, 11) is 0. The van der Waals surface area contributed by atoms with Gasteiger partial charge >= 0.3 is 0 Å². The number of nitrogens with zero attached hydrogens (tertiary/aromatic N) is 3. The van der Waals surface area contributed by atoms with Crippen molar-refractivity contribution in [2.75, 3.05) is 36.5 Å². The van der Waals surface area contributed by atoms with E-state index >= 15 is 0 Å². The van der Waals surface area contributed by atoms with Crippen molar-refractivity contribution in [1.82, 2.24) is 5.32 Å². The smallest absolute Gasteiger partial charge is 0.252 e. The maximum absolute atomic E-state index is 12.0. The number of carbonyl (C=O) groups excluding carboxylic acids is 1. The average molecular weight is 445 g/mol. The molecule has 0 saturated carbocycles. The topological polar surface area (TPSA) is 125 Å². The number of hydrogen-bond donors (Lipinski definition) is 4. The Hall–Kier alpha value is -3.30. The first kappa shape index (κ1) is 22.4. The van der Waals surface area contributed by atoms with Crippen LogP contribution in [0.4, 0.5) is 11.4 Å². The predicted octanol–water partition coefficient (Wildman–Crippen LogP) is 2.34. The minimum Gasteiger partial charge on any atom is -0.508 e. The van der Waals surface area contributed by atoms with E-state index in [-0.39, 0.29) is 23.7 Å². The third-order valence-corrected chi connectivity index (χ3v) is 5.01. The van der Waals surface area contributed by atoms with Crippen molar-refractivity contribution in [3.63, 3.8) is 0 Å². The number of benzene rings is 2. The van der Waals surface area contributed by atoms with Gasteiger partial charge in [-0.25, -0.2) is 0 Å². The summed E-state index contributed by atoms with van der Waals surface area (Å²) in [6.07, 6.45) is -0.654. The van der Waals surface area contributed by atoms with Gasteiger partial charge in [-0.15, -0.1) is 17.5 Å². The van der Waals surface area contributed by atoms with Crippen molar-refractivity contribution < 1.29 is 14.6 Å². The summed E-state index contributed by atoms with van der Waals surface area (Å²) < 4.78 is 5.39. The highest BCUT2D eigenvalue weighted by molar-refractivity contribution is 5.94. The van der Waals surface area contributed by atoms with Crippen LogP contribution < -0.4 is 21.3 Å². The molecule has 10 heteroatoms. The van der Waals surface area contributed by atoms with Crippen LogP contribution in [0.5, 0.6) is 5.75 Å². The number of nitrogens with one attached hydrogen (secondary N) is 2. The van der Waals surface area contributed by atoms with Gasteiger partial charge in [0.25, 0.3) is 5.91 Å². The summed E-state index contributed by atoms with van der Waals surface area (Å²) in [6.45, 7) is 3.62. The predicted molar refractivity (Wildman–Crippen MR) is 120 cm³/mol. The zero-order chi connectivity index (χ0) is 20.9. The summed E-state index contributed by atoms with van der Waals surface area (Å²) in [5.41, 5.74) is 8.74. The highest BCUT2D eigenvalue weighted by Gasteiger charge is 2.28. The number of nitrogens with two attached hydrogens (primary N) is 1. The van der Waals surface area contributed by atoms with Crippen LogP contribution in [0.1, 0.15) is 5.56 Å². The number of azo groups is 1. The second kappa shape index (κ2) is 10.1. The lowest BCUT2D eigenvalue weighted by atomic mass is 10.1. The number of rotatable bonds is 7. The first-order chi connectivity index (χ1) is 14.6. The van der Waals surface area contributed by atoms with Crippen molar-refractivity contribution in [2.24, 2.45) is 16.0 Å². The van der Waals surface area contributed by atoms with Crippen LogP contribution in [0.2, 0.25) is 0 Å². The fourth-order valence-electron chi connectivity index (χ4n) is 3.39. The fourth-order valence-corrected chi connectivity index (χ4v) is 3.39. The third-order valence-electron chi connectivity index (χ3n) is 5.01. The van der Waals surface area contributed by atoms with E-state index in [0.29, 0.717) is 12.4 Å². The first-order valence-electron chi connectivity index (χ1n) is 9.76. The SMILES string of the molecule is Cl.NC(=O)C1=C(NCc2ccc(O)cc2)N=NC1Nc1ccc(N2CCOCC2)cc1. The Bertz CT molecular complexity index is 956. The van der Waals surface area contributed by atoms with Gasteiger partial charge in [-0.3, -0.25) is 4.79 Å². The molecule has 1 atom stereocenters.